The molecule has 0 atom stereocenters. The van der Waals surface area contributed by atoms with Crippen molar-refractivity contribution in [3.05, 3.63) is 39.9 Å². The quantitative estimate of drug-likeness (QED) is 0.513. The highest BCUT2D eigenvalue weighted by atomic mass is 32.1. The minimum Gasteiger partial charge on any atom is -0.397 e. The van der Waals surface area contributed by atoms with E-state index >= 15 is 0 Å². The van der Waals surface area contributed by atoms with Crippen LogP contribution in [0.25, 0.3) is 21.8 Å². The van der Waals surface area contributed by atoms with Gasteiger partial charge in [-0.1, -0.05) is 0 Å². The predicted molar refractivity (Wildman–Crippen MR) is 61.8 cm³/mol. The number of rotatable bonds is 2. The van der Waals surface area contributed by atoms with Crippen molar-refractivity contribution in [1.29, 1.82) is 0 Å². The number of aromatic nitrogens is 2. The molecule has 84 valence electrons. The molecule has 3 aromatic heterocycles. The zero-order valence-electron chi connectivity index (χ0n) is 8.36. The van der Waals surface area contributed by atoms with Crippen molar-refractivity contribution in [2.24, 2.45) is 0 Å². The Morgan fingerprint density at radius 2 is 2.24 bits per heavy atom. The van der Waals surface area contributed by atoms with E-state index in [4.69, 9.17) is 4.42 Å². The summed E-state index contributed by atoms with van der Waals surface area (Å²) < 4.78 is 6.00. The Morgan fingerprint density at radius 1 is 1.35 bits per heavy atom. The summed E-state index contributed by atoms with van der Waals surface area (Å²) in [4.78, 5) is 18.3. The zero-order chi connectivity index (χ0) is 11.8. The lowest BCUT2D eigenvalue weighted by Crippen LogP contribution is -1.86. The third kappa shape index (κ3) is 1.66. The van der Waals surface area contributed by atoms with Gasteiger partial charge in [0.2, 0.25) is 0 Å². The average molecular weight is 247 g/mol. The Bertz CT molecular complexity index is 703. The summed E-state index contributed by atoms with van der Waals surface area (Å²) in [6.45, 7) is 0. The fraction of sp³-hybridized carbons (Fsp3) is 0. The molecule has 17 heavy (non-hydrogen) atoms. The molecule has 0 aliphatic heterocycles. The highest BCUT2D eigenvalue weighted by Crippen LogP contribution is 2.25. The fourth-order valence-electron chi connectivity index (χ4n) is 1.43. The van der Waals surface area contributed by atoms with Gasteiger partial charge in [-0.2, -0.15) is 0 Å². The van der Waals surface area contributed by atoms with Gasteiger partial charge in [-0.3, -0.25) is 10.1 Å². The number of fused-ring (bicyclic) bond motifs is 1. The maximum Gasteiger partial charge on any atom is 0.433 e. The van der Waals surface area contributed by atoms with E-state index in [0.717, 1.165) is 10.2 Å². The molecule has 0 bridgehead atoms. The molecule has 3 rings (SSSR count). The Balaban J connectivity index is 2.09. The Kier molecular flexibility index (Phi) is 2.12. The molecule has 0 fully saturated rings. The molecule has 3 aromatic rings. The van der Waals surface area contributed by atoms with Gasteiger partial charge in [-0.25, -0.2) is 9.97 Å². The standard InChI is InChI=1S/C10H5N3O3S/c14-13(15)9-2-1-7(16-9)10-11-5-8-6(12-10)3-4-17-8/h1-5H. The second-order valence-electron chi connectivity index (χ2n) is 3.26. The first-order valence-corrected chi connectivity index (χ1v) is 5.57. The van der Waals surface area contributed by atoms with Crippen LogP contribution in [-0.2, 0) is 0 Å². The van der Waals surface area contributed by atoms with Gasteiger partial charge in [0.25, 0.3) is 0 Å². The van der Waals surface area contributed by atoms with E-state index in [1.807, 2.05) is 11.4 Å². The monoisotopic (exact) mass is 247 g/mol. The van der Waals surface area contributed by atoms with Crippen LogP contribution in [0.15, 0.2) is 34.2 Å². The lowest BCUT2D eigenvalue weighted by Gasteiger charge is -1.94. The van der Waals surface area contributed by atoms with Gasteiger partial charge in [-0.15, -0.1) is 11.3 Å². The van der Waals surface area contributed by atoms with Crippen molar-refractivity contribution < 1.29 is 9.34 Å². The van der Waals surface area contributed by atoms with Crippen LogP contribution in [-0.4, -0.2) is 14.9 Å². The van der Waals surface area contributed by atoms with Gasteiger partial charge in [-0.05, 0) is 17.5 Å². The average Bonchev–Trinajstić information content (AvgIpc) is 2.97. The van der Waals surface area contributed by atoms with Crippen LogP contribution in [0.5, 0.6) is 0 Å². The van der Waals surface area contributed by atoms with Gasteiger partial charge < -0.3 is 4.42 Å². The molecule has 0 spiro atoms. The SMILES string of the molecule is O=[N+]([O-])c1ccc(-c2ncc3sccc3n2)o1. The van der Waals surface area contributed by atoms with E-state index < -0.39 is 4.92 Å². The van der Waals surface area contributed by atoms with Gasteiger partial charge >= 0.3 is 5.88 Å². The van der Waals surface area contributed by atoms with Crippen LogP contribution in [0.1, 0.15) is 0 Å². The van der Waals surface area contributed by atoms with Crippen molar-refractivity contribution >= 4 is 27.4 Å². The molecule has 0 aliphatic carbocycles. The maximum absolute atomic E-state index is 10.5. The summed E-state index contributed by atoms with van der Waals surface area (Å²) in [5.74, 6) is 0.336. The molecule has 6 nitrogen and oxygen atoms in total. The van der Waals surface area contributed by atoms with Gasteiger partial charge in [0.15, 0.2) is 11.6 Å². The highest BCUT2D eigenvalue weighted by molar-refractivity contribution is 7.17. The van der Waals surface area contributed by atoms with Gasteiger partial charge in [0.1, 0.15) is 4.92 Å². The number of thiophene rings is 1. The maximum atomic E-state index is 10.5. The van der Waals surface area contributed by atoms with Gasteiger partial charge in [0.05, 0.1) is 16.3 Å². The third-order valence-electron chi connectivity index (χ3n) is 2.20. The molecule has 7 heteroatoms. The lowest BCUT2D eigenvalue weighted by molar-refractivity contribution is -0.401. The summed E-state index contributed by atoms with van der Waals surface area (Å²) in [5, 5.41) is 12.4. The first kappa shape index (κ1) is 9.91. The van der Waals surface area contributed by atoms with Crippen LogP contribution < -0.4 is 0 Å². The Hall–Kier alpha value is -2.28. The molecular formula is C10H5N3O3S. The molecular weight excluding hydrogens is 242 g/mol. The normalized spacial score (nSPS) is 10.8. The number of nitro groups is 1. The third-order valence-corrected chi connectivity index (χ3v) is 3.04. The van der Waals surface area contributed by atoms with Crippen LogP contribution in [0.2, 0.25) is 0 Å². The Morgan fingerprint density at radius 3 is 3.00 bits per heavy atom. The minimum atomic E-state index is -0.591. The van der Waals surface area contributed by atoms with Crippen LogP contribution in [0, 0.1) is 10.1 Å². The predicted octanol–water partition coefficient (Wildman–Crippen LogP) is 2.86. The molecule has 0 radical (unpaired) electrons. The van der Waals surface area contributed by atoms with Crippen LogP contribution in [0.4, 0.5) is 5.88 Å². The van der Waals surface area contributed by atoms with Crippen LogP contribution >= 0.6 is 11.3 Å². The second kappa shape index (κ2) is 3.63. The van der Waals surface area contributed by atoms with E-state index in [0.29, 0.717) is 11.6 Å². The zero-order valence-corrected chi connectivity index (χ0v) is 9.18. The van der Waals surface area contributed by atoms with Gasteiger partial charge in [0, 0.05) is 6.20 Å². The van der Waals surface area contributed by atoms with Crippen molar-refractivity contribution in [1.82, 2.24) is 9.97 Å². The van der Waals surface area contributed by atoms with Crippen molar-refractivity contribution in [2.75, 3.05) is 0 Å². The molecule has 0 saturated carbocycles. The van der Waals surface area contributed by atoms with Crippen molar-refractivity contribution in [3.8, 4) is 11.6 Å². The minimum absolute atomic E-state index is 0.296. The van der Waals surface area contributed by atoms with E-state index in [-0.39, 0.29) is 5.88 Å². The van der Waals surface area contributed by atoms with Crippen molar-refractivity contribution in [3.63, 3.8) is 0 Å². The first-order chi connectivity index (χ1) is 8.24. The smallest absolute Gasteiger partial charge is 0.397 e. The topological polar surface area (TPSA) is 82.1 Å². The molecule has 0 saturated heterocycles. The number of hydrogen-bond acceptors (Lipinski definition) is 6. The van der Waals surface area contributed by atoms with E-state index in [1.165, 1.54) is 23.5 Å². The highest BCUT2D eigenvalue weighted by Gasteiger charge is 2.15. The number of nitrogens with zero attached hydrogens (tertiary/aromatic N) is 3. The summed E-state index contributed by atoms with van der Waals surface area (Å²) >= 11 is 1.54. The lowest BCUT2D eigenvalue weighted by atomic mass is 10.4. The number of hydrogen-bond donors (Lipinski definition) is 0. The van der Waals surface area contributed by atoms with E-state index in [9.17, 15) is 10.1 Å². The molecule has 0 unspecified atom stereocenters. The Labute approximate surface area is 98.7 Å². The second-order valence-corrected chi connectivity index (χ2v) is 4.21. The summed E-state index contributed by atoms with van der Waals surface area (Å²) in [6.07, 6.45) is 1.68. The van der Waals surface area contributed by atoms with Crippen molar-refractivity contribution in [2.45, 2.75) is 0 Å². The molecule has 3 heterocycles. The molecule has 0 amide bonds. The fourth-order valence-corrected chi connectivity index (χ4v) is 2.12. The largest absolute Gasteiger partial charge is 0.433 e. The van der Waals surface area contributed by atoms with E-state index in [1.54, 1.807) is 6.20 Å². The molecule has 0 aromatic carbocycles. The summed E-state index contributed by atoms with van der Waals surface area (Å²) in [5.41, 5.74) is 0.805. The first-order valence-electron chi connectivity index (χ1n) is 4.69. The summed E-state index contributed by atoms with van der Waals surface area (Å²) in [6, 6.07) is 4.64. The van der Waals surface area contributed by atoms with Crippen LogP contribution in [0.3, 0.4) is 0 Å². The molecule has 0 aliphatic rings. The van der Waals surface area contributed by atoms with E-state index in [2.05, 4.69) is 9.97 Å². The summed E-state index contributed by atoms with van der Waals surface area (Å²) in [7, 11) is 0. The number of furan rings is 1. The molecule has 0 N–H and O–H groups in total.